The van der Waals surface area contributed by atoms with Crippen LogP contribution in [0.25, 0.3) is 10.9 Å². The minimum Gasteiger partial charge on any atom is -0.478 e. The number of rotatable bonds is 3. The minimum atomic E-state index is -0.866. The molecule has 3 rings (SSSR count). The van der Waals surface area contributed by atoms with Crippen molar-refractivity contribution in [2.75, 3.05) is 13.1 Å². The van der Waals surface area contributed by atoms with E-state index < -0.39 is 5.97 Å². The van der Waals surface area contributed by atoms with Gasteiger partial charge in [-0.3, -0.25) is 4.90 Å². The highest BCUT2D eigenvalue weighted by atomic mass is 16.4. The molecule has 1 N–H and O–H groups in total. The number of fused-ring (bicyclic) bond motifs is 1. The monoisotopic (exact) mass is 286 g/mol. The van der Waals surface area contributed by atoms with Gasteiger partial charge < -0.3 is 9.67 Å². The van der Waals surface area contributed by atoms with Crippen LogP contribution >= 0.6 is 0 Å². The zero-order valence-electron chi connectivity index (χ0n) is 12.5. The number of hydrogen-bond acceptors (Lipinski definition) is 2. The number of carbonyl (C=O) groups is 1. The average molecular weight is 286 g/mol. The summed E-state index contributed by atoms with van der Waals surface area (Å²) >= 11 is 0. The number of hydrogen-bond donors (Lipinski definition) is 1. The molecule has 0 bridgehead atoms. The quantitative estimate of drug-likeness (QED) is 0.942. The lowest BCUT2D eigenvalue weighted by Gasteiger charge is -2.20. The molecule has 0 radical (unpaired) electrons. The molecule has 21 heavy (non-hydrogen) atoms. The molecule has 1 aliphatic heterocycles. The number of benzene rings is 1. The first-order valence-corrected chi connectivity index (χ1v) is 7.69. The van der Waals surface area contributed by atoms with Gasteiger partial charge >= 0.3 is 5.97 Å². The second kappa shape index (κ2) is 5.90. The third-order valence-corrected chi connectivity index (χ3v) is 4.47. The molecular weight excluding hydrogens is 264 g/mol. The molecule has 1 aliphatic rings. The van der Waals surface area contributed by atoms with Gasteiger partial charge in [-0.15, -0.1) is 0 Å². The van der Waals surface area contributed by atoms with Crippen molar-refractivity contribution >= 4 is 16.9 Å². The van der Waals surface area contributed by atoms with E-state index in [0.717, 1.165) is 17.4 Å². The highest BCUT2D eigenvalue weighted by Gasteiger charge is 2.14. The number of nitrogens with zero attached hydrogens (tertiary/aromatic N) is 2. The molecule has 112 valence electrons. The summed E-state index contributed by atoms with van der Waals surface area (Å²) in [6.45, 7) is 3.29. The molecule has 2 aromatic rings. The van der Waals surface area contributed by atoms with Crippen LogP contribution in [-0.2, 0) is 13.6 Å². The van der Waals surface area contributed by atoms with Gasteiger partial charge in [-0.1, -0.05) is 12.8 Å². The number of likely N-dealkylation sites (tertiary alicyclic amines) is 1. The lowest BCUT2D eigenvalue weighted by atomic mass is 10.1. The van der Waals surface area contributed by atoms with E-state index in [-0.39, 0.29) is 0 Å². The summed E-state index contributed by atoms with van der Waals surface area (Å²) in [7, 11) is 2.07. The van der Waals surface area contributed by atoms with Crippen molar-refractivity contribution in [2.45, 2.75) is 32.2 Å². The van der Waals surface area contributed by atoms with Crippen molar-refractivity contribution in [3.8, 4) is 0 Å². The first kappa shape index (κ1) is 14.1. The van der Waals surface area contributed by atoms with E-state index in [4.69, 9.17) is 5.11 Å². The Balaban J connectivity index is 1.88. The van der Waals surface area contributed by atoms with Crippen molar-refractivity contribution in [1.82, 2.24) is 9.47 Å². The standard InChI is InChI=1S/C17H22N2O2/c1-18-15(12-19-8-4-2-3-5-9-19)11-14-10-13(17(20)21)6-7-16(14)18/h6-7,10-11H,2-5,8-9,12H2,1H3,(H,20,21). The molecule has 0 saturated carbocycles. The second-order valence-electron chi connectivity index (χ2n) is 5.96. The van der Waals surface area contributed by atoms with Crippen LogP contribution in [0.1, 0.15) is 41.7 Å². The largest absolute Gasteiger partial charge is 0.478 e. The Morgan fingerprint density at radius 1 is 1.14 bits per heavy atom. The van der Waals surface area contributed by atoms with Crippen LogP contribution in [0, 0.1) is 0 Å². The third kappa shape index (κ3) is 2.95. The minimum absolute atomic E-state index is 0.356. The van der Waals surface area contributed by atoms with Gasteiger partial charge in [0.15, 0.2) is 0 Å². The molecule has 2 heterocycles. The zero-order valence-corrected chi connectivity index (χ0v) is 12.5. The van der Waals surface area contributed by atoms with Crippen molar-refractivity contribution in [2.24, 2.45) is 7.05 Å². The summed E-state index contributed by atoms with van der Waals surface area (Å²) in [5.74, 6) is -0.866. The highest BCUT2D eigenvalue weighted by Crippen LogP contribution is 2.22. The van der Waals surface area contributed by atoms with E-state index in [2.05, 4.69) is 22.6 Å². The van der Waals surface area contributed by atoms with Crippen molar-refractivity contribution in [1.29, 1.82) is 0 Å². The fourth-order valence-electron chi connectivity index (χ4n) is 3.21. The molecule has 1 fully saturated rings. The molecule has 0 aliphatic carbocycles. The molecule has 0 atom stereocenters. The molecule has 1 aromatic heterocycles. The zero-order chi connectivity index (χ0) is 14.8. The summed E-state index contributed by atoms with van der Waals surface area (Å²) in [6.07, 6.45) is 5.25. The maximum Gasteiger partial charge on any atom is 0.335 e. The summed E-state index contributed by atoms with van der Waals surface area (Å²) in [5.41, 5.74) is 2.72. The van der Waals surface area contributed by atoms with E-state index in [1.165, 1.54) is 44.5 Å². The lowest BCUT2D eigenvalue weighted by molar-refractivity contribution is 0.0697. The fourth-order valence-corrected chi connectivity index (χ4v) is 3.21. The Kier molecular flexibility index (Phi) is 3.97. The molecule has 1 aromatic carbocycles. The molecule has 4 heteroatoms. The molecule has 0 amide bonds. The van der Waals surface area contributed by atoms with Gasteiger partial charge in [0.1, 0.15) is 0 Å². The predicted octanol–water partition coefficient (Wildman–Crippen LogP) is 3.25. The van der Waals surface area contributed by atoms with Gasteiger partial charge in [-0.05, 0) is 50.2 Å². The lowest BCUT2D eigenvalue weighted by Crippen LogP contribution is -2.25. The topological polar surface area (TPSA) is 45.5 Å². The van der Waals surface area contributed by atoms with E-state index in [0.29, 0.717) is 5.56 Å². The van der Waals surface area contributed by atoms with Crippen LogP contribution < -0.4 is 0 Å². The van der Waals surface area contributed by atoms with Gasteiger partial charge in [0.2, 0.25) is 0 Å². The van der Waals surface area contributed by atoms with E-state index in [1.807, 2.05) is 6.07 Å². The first-order valence-electron chi connectivity index (χ1n) is 7.69. The van der Waals surface area contributed by atoms with Gasteiger partial charge in [0, 0.05) is 30.2 Å². The van der Waals surface area contributed by atoms with E-state index in [1.54, 1.807) is 12.1 Å². The van der Waals surface area contributed by atoms with Crippen LogP contribution in [0.3, 0.4) is 0 Å². The third-order valence-electron chi connectivity index (χ3n) is 4.47. The Hall–Kier alpha value is -1.81. The Morgan fingerprint density at radius 3 is 2.52 bits per heavy atom. The second-order valence-corrected chi connectivity index (χ2v) is 5.96. The van der Waals surface area contributed by atoms with Crippen LogP contribution in [0.5, 0.6) is 0 Å². The maximum absolute atomic E-state index is 11.1. The average Bonchev–Trinajstić information content (AvgIpc) is 2.66. The van der Waals surface area contributed by atoms with Gasteiger partial charge in [-0.25, -0.2) is 4.79 Å². The number of carboxylic acids is 1. The van der Waals surface area contributed by atoms with E-state index >= 15 is 0 Å². The molecule has 0 spiro atoms. The van der Waals surface area contributed by atoms with Gasteiger partial charge in [-0.2, -0.15) is 0 Å². The predicted molar refractivity (Wildman–Crippen MR) is 83.6 cm³/mol. The first-order chi connectivity index (χ1) is 10.1. The van der Waals surface area contributed by atoms with Gasteiger partial charge in [0.05, 0.1) is 5.56 Å². The normalized spacial score (nSPS) is 17.0. The summed E-state index contributed by atoms with van der Waals surface area (Å²) in [4.78, 5) is 13.6. The van der Waals surface area contributed by atoms with Crippen LogP contribution in [0.15, 0.2) is 24.3 Å². The molecule has 0 unspecified atom stereocenters. The van der Waals surface area contributed by atoms with Gasteiger partial charge in [0.25, 0.3) is 0 Å². The Labute approximate surface area is 125 Å². The number of aromatic nitrogens is 1. The fraction of sp³-hybridized carbons (Fsp3) is 0.471. The molecule has 4 nitrogen and oxygen atoms in total. The van der Waals surface area contributed by atoms with Crippen molar-refractivity contribution < 1.29 is 9.90 Å². The smallest absolute Gasteiger partial charge is 0.335 e. The van der Waals surface area contributed by atoms with E-state index in [9.17, 15) is 4.79 Å². The summed E-state index contributed by atoms with van der Waals surface area (Å²) < 4.78 is 2.19. The number of aryl methyl sites for hydroxylation is 1. The van der Waals surface area contributed by atoms with Crippen LogP contribution in [0.4, 0.5) is 0 Å². The van der Waals surface area contributed by atoms with Crippen molar-refractivity contribution in [3.63, 3.8) is 0 Å². The summed E-state index contributed by atoms with van der Waals surface area (Å²) in [6, 6.07) is 7.49. The SMILES string of the molecule is Cn1c(CN2CCCCCC2)cc2cc(C(=O)O)ccc21. The molecular formula is C17H22N2O2. The van der Waals surface area contributed by atoms with Crippen molar-refractivity contribution in [3.05, 3.63) is 35.5 Å². The maximum atomic E-state index is 11.1. The van der Waals surface area contributed by atoms with Crippen LogP contribution in [0.2, 0.25) is 0 Å². The Bertz CT molecular complexity index is 652. The van der Waals surface area contributed by atoms with Crippen LogP contribution in [-0.4, -0.2) is 33.6 Å². The number of aromatic carboxylic acids is 1. The number of carboxylic acid groups (broad SMARTS) is 1. The summed E-state index contributed by atoms with van der Waals surface area (Å²) in [5, 5.41) is 10.1. The molecule has 1 saturated heterocycles. The highest BCUT2D eigenvalue weighted by molar-refractivity contribution is 5.94. The Morgan fingerprint density at radius 2 is 1.86 bits per heavy atom.